The number of ether oxygens (including phenoxy) is 4. The number of carbonyl (C=O) groups is 1. The number of carbonyl (C=O) groups excluding carboxylic acids is 1. The van der Waals surface area contributed by atoms with Gasteiger partial charge >= 0.3 is 6.09 Å². The Balaban J connectivity index is 1.63. The number of aliphatic hydroxyl groups is 2. The molecule has 6 atom stereocenters. The number of rotatable bonds is 18. The van der Waals surface area contributed by atoms with Crippen molar-refractivity contribution in [2.45, 2.75) is 95.6 Å². The topological polar surface area (TPSA) is 119 Å². The number of methoxy groups -OCH3 is 1. The molecule has 2 aliphatic carbocycles. The normalized spacial score (nSPS) is 24.4. The van der Waals surface area contributed by atoms with E-state index in [-0.39, 0.29) is 50.5 Å². The van der Waals surface area contributed by atoms with Gasteiger partial charge in [0, 0.05) is 31.1 Å². The molecule has 1 fully saturated rings. The molecule has 1 heterocycles. The van der Waals surface area contributed by atoms with Gasteiger partial charge in [0.05, 0.1) is 31.9 Å². The molecule has 306 valence electrons. The summed E-state index contributed by atoms with van der Waals surface area (Å²) in [5, 5.41) is 26.8. The predicted octanol–water partition coefficient (Wildman–Crippen LogP) is 9.11. The molecule has 3 aliphatic rings. The third-order valence-corrected chi connectivity index (χ3v) is 11.4. The molecule has 0 bridgehead atoms. The standard InChI is InChI=1S/C47H60N2O8/c1-7-26-54-35-22-23-41-39(29-35)43-37(21-12-14-25-51)33(17-11-13-24-50)28-38-40(48-57-46(3,4)5)30-42(47(56-41,44(38)43)55-27-8-2)49(45(52)53-6)31-34-19-15-18-32-16-9-10-20-36(32)34/h7-10,15-16,18-20,22-23,28-29,33,37,42-44,50-51H,1-2,11-14,17,21,24-27,30-31H2,3-6H3. The number of nitrogens with zero attached hydrogens (tertiary/aromatic N) is 2. The Morgan fingerprint density at radius 1 is 0.982 bits per heavy atom. The molecule has 0 saturated heterocycles. The van der Waals surface area contributed by atoms with Gasteiger partial charge in [-0.05, 0) is 98.4 Å². The van der Waals surface area contributed by atoms with Crippen LogP contribution in [0.1, 0.15) is 82.8 Å². The highest BCUT2D eigenvalue weighted by Gasteiger charge is 2.65. The van der Waals surface area contributed by atoms with Gasteiger partial charge < -0.3 is 34.0 Å². The van der Waals surface area contributed by atoms with Crippen molar-refractivity contribution in [2.24, 2.45) is 22.9 Å². The summed E-state index contributed by atoms with van der Waals surface area (Å²) in [5.41, 5.74) is 3.05. The van der Waals surface area contributed by atoms with E-state index in [1.807, 2.05) is 57.2 Å². The molecule has 6 unspecified atom stereocenters. The van der Waals surface area contributed by atoms with Crippen LogP contribution in [0.2, 0.25) is 0 Å². The quantitative estimate of drug-likeness (QED) is 0.0746. The molecule has 1 aliphatic heterocycles. The lowest BCUT2D eigenvalue weighted by atomic mass is 9.55. The summed E-state index contributed by atoms with van der Waals surface area (Å²) < 4.78 is 26.1. The lowest BCUT2D eigenvalue weighted by molar-refractivity contribution is -0.256. The summed E-state index contributed by atoms with van der Waals surface area (Å²) in [5.74, 6) is -0.496. The van der Waals surface area contributed by atoms with E-state index >= 15 is 0 Å². The minimum absolute atomic E-state index is 0.0844. The lowest BCUT2D eigenvalue weighted by Crippen LogP contribution is -2.70. The number of unbranched alkanes of at least 4 members (excludes halogenated alkanes) is 2. The van der Waals surface area contributed by atoms with Crippen LogP contribution in [0, 0.1) is 17.8 Å². The van der Waals surface area contributed by atoms with Crippen molar-refractivity contribution in [3.05, 3.63) is 109 Å². The van der Waals surface area contributed by atoms with Crippen LogP contribution in [0.25, 0.3) is 10.8 Å². The van der Waals surface area contributed by atoms with E-state index < -0.39 is 29.4 Å². The maximum absolute atomic E-state index is 14.4. The SMILES string of the molecule is C=CCOc1ccc2c(c1)C1C(CCCCO)C(CCCCO)C=C3C(=NOC(C)(C)C)CC(N(Cc4cccc5ccccc45)C(=O)OC)C(OCC=C)(O2)C31. The second-order valence-corrected chi connectivity index (χ2v) is 16.3. The number of hydrogen-bond acceptors (Lipinski definition) is 9. The molecule has 1 amide bonds. The third-order valence-electron chi connectivity index (χ3n) is 11.4. The van der Waals surface area contributed by atoms with Crippen molar-refractivity contribution in [1.29, 1.82) is 0 Å². The van der Waals surface area contributed by atoms with E-state index in [4.69, 9.17) is 28.9 Å². The highest BCUT2D eigenvalue weighted by atomic mass is 16.7. The van der Waals surface area contributed by atoms with Crippen molar-refractivity contribution < 1.29 is 38.8 Å². The highest BCUT2D eigenvalue weighted by Crippen LogP contribution is 2.62. The maximum atomic E-state index is 14.4. The van der Waals surface area contributed by atoms with Crippen LogP contribution in [0.4, 0.5) is 4.79 Å². The molecule has 3 aromatic carbocycles. The van der Waals surface area contributed by atoms with Crippen molar-refractivity contribution >= 4 is 22.6 Å². The van der Waals surface area contributed by atoms with Gasteiger partial charge in [0.25, 0.3) is 0 Å². The minimum Gasteiger partial charge on any atom is -0.490 e. The molecule has 0 spiro atoms. The van der Waals surface area contributed by atoms with Crippen LogP contribution >= 0.6 is 0 Å². The van der Waals surface area contributed by atoms with Crippen molar-refractivity contribution in [3.8, 4) is 11.5 Å². The second kappa shape index (κ2) is 18.7. The van der Waals surface area contributed by atoms with Crippen LogP contribution in [0.5, 0.6) is 11.5 Å². The Hall–Kier alpha value is -4.64. The number of benzene rings is 3. The summed E-state index contributed by atoms with van der Waals surface area (Å²) in [6.07, 6.45) is 10.2. The Kier molecular flexibility index (Phi) is 13.8. The molecule has 3 aromatic rings. The van der Waals surface area contributed by atoms with E-state index in [2.05, 4.69) is 43.5 Å². The van der Waals surface area contributed by atoms with E-state index in [9.17, 15) is 15.0 Å². The lowest BCUT2D eigenvalue weighted by Gasteiger charge is -2.60. The fourth-order valence-corrected chi connectivity index (χ4v) is 9.12. The molecule has 6 rings (SSSR count). The number of hydrogen-bond donors (Lipinski definition) is 2. The van der Waals surface area contributed by atoms with E-state index in [1.165, 1.54) is 7.11 Å². The molecule has 10 heteroatoms. The zero-order chi connectivity index (χ0) is 40.6. The van der Waals surface area contributed by atoms with Gasteiger partial charge in [0.2, 0.25) is 5.79 Å². The Morgan fingerprint density at radius 3 is 2.44 bits per heavy atom. The second-order valence-electron chi connectivity index (χ2n) is 16.3. The van der Waals surface area contributed by atoms with Gasteiger partial charge in [-0.15, -0.1) is 6.58 Å². The van der Waals surface area contributed by atoms with Gasteiger partial charge in [-0.3, -0.25) is 4.90 Å². The predicted molar refractivity (Wildman–Crippen MR) is 223 cm³/mol. The number of aliphatic hydroxyl groups excluding tert-OH is 2. The first-order chi connectivity index (χ1) is 27.6. The fraction of sp³-hybridized carbons (Fsp3) is 0.489. The monoisotopic (exact) mass is 780 g/mol. The highest BCUT2D eigenvalue weighted by molar-refractivity contribution is 6.03. The maximum Gasteiger partial charge on any atom is 0.410 e. The molecule has 0 aromatic heterocycles. The molecule has 2 N–H and O–H groups in total. The first kappa shape index (κ1) is 42.0. The molecular formula is C47H60N2O8. The van der Waals surface area contributed by atoms with Gasteiger partial charge in [-0.1, -0.05) is 85.3 Å². The van der Waals surface area contributed by atoms with Gasteiger partial charge in [0.1, 0.15) is 29.7 Å². The van der Waals surface area contributed by atoms with Crippen LogP contribution in [-0.4, -0.2) is 77.9 Å². The number of oxime groups is 1. The number of fused-ring (bicyclic) bond motifs is 3. The van der Waals surface area contributed by atoms with Gasteiger partial charge in [-0.25, -0.2) is 4.79 Å². The summed E-state index contributed by atoms with van der Waals surface area (Å²) in [6.45, 7) is 14.7. The Morgan fingerprint density at radius 2 is 1.72 bits per heavy atom. The smallest absolute Gasteiger partial charge is 0.410 e. The Labute approximate surface area is 337 Å². The molecule has 1 saturated carbocycles. The average Bonchev–Trinajstić information content (AvgIpc) is 3.21. The van der Waals surface area contributed by atoms with E-state index in [1.54, 1.807) is 17.1 Å². The first-order valence-corrected chi connectivity index (χ1v) is 20.4. The average molecular weight is 781 g/mol. The molecule has 57 heavy (non-hydrogen) atoms. The molecule has 10 nitrogen and oxygen atoms in total. The fourth-order valence-electron chi connectivity index (χ4n) is 9.12. The molecule has 0 radical (unpaired) electrons. The van der Waals surface area contributed by atoms with Crippen LogP contribution in [0.3, 0.4) is 0 Å². The zero-order valence-electron chi connectivity index (χ0n) is 34.0. The van der Waals surface area contributed by atoms with Crippen molar-refractivity contribution in [2.75, 3.05) is 33.5 Å². The minimum atomic E-state index is -1.41. The largest absolute Gasteiger partial charge is 0.490 e. The van der Waals surface area contributed by atoms with E-state index in [0.717, 1.165) is 58.9 Å². The Bertz CT molecular complexity index is 1930. The summed E-state index contributed by atoms with van der Waals surface area (Å²) in [7, 11) is 1.40. The van der Waals surface area contributed by atoms with E-state index in [0.29, 0.717) is 30.9 Å². The summed E-state index contributed by atoms with van der Waals surface area (Å²) in [6, 6.07) is 19.5. The summed E-state index contributed by atoms with van der Waals surface area (Å²) in [4.78, 5) is 22.3. The molecular weight excluding hydrogens is 721 g/mol. The number of amides is 1. The third kappa shape index (κ3) is 9.09. The van der Waals surface area contributed by atoms with Crippen LogP contribution < -0.4 is 9.47 Å². The number of allylic oxidation sites excluding steroid dienone is 1. The first-order valence-electron chi connectivity index (χ1n) is 20.4. The van der Waals surface area contributed by atoms with Crippen molar-refractivity contribution in [3.63, 3.8) is 0 Å². The zero-order valence-corrected chi connectivity index (χ0v) is 34.0. The van der Waals surface area contributed by atoms with Crippen LogP contribution in [-0.2, 0) is 20.9 Å². The van der Waals surface area contributed by atoms with Gasteiger partial charge in [0.15, 0.2) is 0 Å². The van der Waals surface area contributed by atoms with Crippen molar-refractivity contribution in [1.82, 2.24) is 4.90 Å². The van der Waals surface area contributed by atoms with Crippen LogP contribution in [0.15, 0.2) is 103 Å². The van der Waals surface area contributed by atoms with Gasteiger partial charge in [-0.2, -0.15) is 0 Å². The summed E-state index contributed by atoms with van der Waals surface area (Å²) >= 11 is 0.